The molecule has 0 aliphatic carbocycles. The van der Waals surface area contributed by atoms with Gasteiger partial charge in [-0.1, -0.05) is 0 Å². The van der Waals surface area contributed by atoms with Gasteiger partial charge in [-0.05, 0) is 0 Å². The van der Waals surface area contributed by atoms with Gasteiger partial charge in [0.05, 0.1) is 0 Å². The largest absolute Gasteiger partial charge is 3.00 e. The second-order valence-corrected chi connectivity index (χ2v) is 2.45. The molecule has 0 heterocycles. The molecule has 0 spiro atoms. The van der Waals surface area contributed by atoms with E-state index in [-0.39, 0.29) is 62.3 Å². The summed E-state index contributed by atoms with van der Waals surface area (Å²) in [7, 11) is -10.3. The Morgan fingerprint density at radius 2 is 0.667 bits per heavy atom. The van der Waals surface area contributed by atoms with Gasteiger partial charge in [0.15, 0.2) is 0 Å². The first-order chi connectivity index (χ1) is 4.00. The van der Waals surface area contributed by atoms with E-state index in [1.165, 1.54) is 0 Å². The molecule has 12 heteroatoms. The van der Waals surface area contributed by atoms with Gasteiger partial charge in [-0.15, -0.1) is 0 Å². The van der Waals surface area contributed by atoms with Gasteiger partial charge in [-0.25, -0.2) is 0 Å². The summed E-state index contributed by atoms with van der Waals surface area (Å²) >= 11 is 0. The normalized spacial score (nSPS) is 9.67. The summed E-state index contributed by atoms with van der Waals surface area (Å²) in [5.41, 5.74) is 0. The van der Waals surface area contributed by atoms with Crippen molar-refractivity contribution in [3.63, 3.8) is 0 Å². The molecule has 12 heavy (non-hydrogen) atoms. The Balaban J connectivity index is -0.0000000457. The Labute approximate surface area is 116 Å². The summed E-state index contributed by atoms with van der Waals surface area (Å²) in [5, 5.41) is 0. The van der Waals surface area contributed by atoms with Crippen molar-refractivity contribution in [1.82, 2.24) is 0 Å². The molecule has 0 unspecified atom stereocenters. The minimum atomic E-state index is -5.17. The van der Waals surface area contributed by atoms with E-state index in [0.29, 0.717) is 0 Å². The van der Waals surface area contributed by atoms with Gasteiger partial charge in [0.25, 0.3) is 0 Å². The van der Waals surface area contributed by atoms with E-state index in [1.54, 1.807) is 0 Å². The summed E-state index contributed by atoms with van der Waals surface area (Å²) < 4.78 is 68.2. The van der Waals surface area contributed by atoms with Crippen LogP contribution < -0.4 is 29.6 Å². The quantitative estimate of drug-likeness (QED) is 0.243. The second-order valence-electron chi connectivity index (χ2n) is 0.816. The molecule has 0 aromatic rings. The zero-order chi connectivity index (χ0) is 9.00. The third kappa shape index (κ3) is 410. The van der Waals surface area contributed by atoms with Gasteiger partial charge >= 0.3 is 62.3 Å². The van der Waals surface area contributed by atoms with Crippen molar-refractivity contribution in [3.8, 4) is 0 Å². The van der Waals surface area contributed by atoms with Crippen LogP contribution in [-0.2, 0) is 53.5 Å². The van der Waals surface area contributed by atoms with Gasteiger partial charge in [0.1, 0.15) is 0 Å². The van der Waals surface area contributed by atoms with Crippen molar-refractivity contribution in [2.75, 3.05) is 0 Å². The molecule has 0 atom stereocenters. The van der Waals surface area contributed by atoms with Crippen LogP contribution in [0.15, 0.2) is 0 Å². The van der Waals surface area contributed by atoms with Crippen LogP contribution in [0, 0.1) is 0 Å². The molecule has 0 fully saturated rings. The summed E-state index contributed by atoms with van der Waals surface area (Å²) in [5.74, 6) is 0. The SMILES string of the molecule is O=S(=O)([O-])[O-].O=S(=O)([O-])[O-].[Na+].[Y+3]. The average Bonchev–Trinajstić information content (AvgIpc) is 1.12. The van der Waals surface area contributed by atoms with Crippen LogP contribution in [0.5, 0.6) is 0 Å². The molecule has 0 rings (SSSR count). The van der Waals surface area contributed by atoms with Crippen LogP contribution in [0.3, 0.4) is 0 Å². The Hall–Kier alpha value is 1.84. The average molecular weight is 304 g/mol. The smallest absolute Gasteiger partial charge is 0.759 e. The molecule has 0 aromatic carbocycles. The van der Waals surface area contributed by atoms with Crippen LogP contribution in [-0.4, -0.2) is 35.0 Å². The molecule has 0 saturated carbocycles. The molecular formula is NaO8S2Y. The molecule has 0 radical (unpaired) electrons. The van der Waals surface area contributed by atoms with Crippen molar-refractivity contribution in [3.05, 3.63) is 0 Å². The molecular weight excluding hydrogens is 304 g/mol. The fraction of sp³-hybridized carbons (Fsp3) is 0. The van der Waals surface area contributed by atoms with Crippen LogP contribution in [0.2, 0.25) is 0 Å². The van der Waals surface area contributed by atoms with E-state index in [0.717, 1.165) is 0 Å². The molecule has 64 valence electrons. The maximum atomic E-state index is 8.52. The zero-order valence-electron chi connectivity index (χ0n) is 5.66. The van der Waals surface area contributed by atoms with Crippen molar-refractivity contribution in [2.45, 2.75) is 0 Å². The number of hydrogen-bond donors (Lipinski definition) is 0. The Morgan fingerprint density at radius 3 is 0.667 bits per heavy atom. The third-order valence-electron chi connectivity index (χ3n) is 0. The van der Waals surface area contributed by atoms with Crippen LogP contribution in [0.1, 0.15) is 0 Å². The molecule has 0 aliphatic rings. The summed E-state index contributed by atoms with van der Waals surface area (Å²) in [6.07, 6.45) is 0. The molecule has 0 aliphatic heterocycles. The van der Waals surface area contributed by atoms with E-state index in [9.17, 15) is 0 Å². The van der Waals surface area contributed by atoms with Crippen molar-refractivity contribution in [1.29, 1.82) is 0 Å². The van der Waals surface area contributed by atoms with E-state index in [4.69, 9.17) is 35.0 Å². The zero-order valence-corrected chi connectivity index (χ0v) is 12.1. The first-order valence-electron chi connectivity index (χ1n) is 1.33. The third-order valence-corrected chi connectivity index (χ3v) is 0. The van der Waals surface area contributed by atoms with Gasteiger partial charge in [0, 0.05) is 20.8 Å². The molecule has 0 N–H and O–H groups in total. The van der Waals surface area contributed by atoms with Crippen LogP contribution in [0.25, 0.3) is 0 Å². The van der Waals surface area contributed by atoms with E-state index in [2.05, 4.69) is 0 Å². The second kappa shape index (κ2) is 9.40. The maximum absolute atomic E-state index is 8.52. The van der Waals surface area contributed by atoms with Crippen LogP contribution in [0.4, 0.5) is 0 Å². The van der Waals surface area contributed by atoms with E-state index >= 15 is 0 Å². The fourth-order valence-electron chi connectivity index (χ4n) is 0. The number of rotatable bonds is 0. The van der Waals surface area contributed by atoms with Gasteiger partial charge in [-0.2, -0.15) is 0 Å². The molecule has 0 aromatic heterocycles. The predicted molar refractivity (Wildman–Crippen MR) is 20.9 cm³/mol. The molecule has 8 nitrogen and oxygen atoms in total. The first-order valence-corrected chi connectivity index (χ1v) is 4.00. The van der Waals surface area contributed by atoms with Crippen molar-refractivity contribution in [2.24, 2.45) is 0 Å². The Bertz CT molecular complexity index is 213. The van der Waals surface area contributed by atoms with Crippen LogP contribution >= 0.6 is 0 Å². The monoisotopic (exact) mass is 304 g/mol. The minimum absolute atomic E-state index is 0. The minimum Gasteiger partial charge on any atom is -0.759 e. The summed E-state index contributed by atoms with van der Waals surface area (Å²) in [4.78, 5) is 0. The molecule has 0 saturated heterocycles. The standard InChI is InChI=1S/Na.2H2O4S.Y/c;2*1-5(2,3)4;/h;2*(H2,1,2,3,4);/q+1;;;+3/p-4. The van der Waals surface area contributed by atoms with Crippen molar-refractivity contribution >= 4 is 20.8 Å². The Kier molecular flexibility index (Phi) is 18.5. The van der Waals surface area contributed by atoms with E-state index in [1.807, 2.05) is 0 Å². The van der Waals surface area contributed by atoms with Gasteiger partial charge in [0.2, 0.25) is 0 Å². The summed E-state index contributed by atoms with van der Waals surface area (Å²) in [6, 6.07) is 0. The van der Waals surface area contributed by atoms with Gasteiger partial charge < -0.3 is 18.2 Å². The van der Waals surface area contributed by atoms with Gasteiger partial charge in [-0.3, -0.25) is 16.8 Å². The summed E-state index contributed by atoms with van der Waals surface area (Å²) in [6.45, 7) is 0. The van der Waals surface area contributed by atoms with E-state index < -0.39 is 20.8 Å². The topological polar surface area (TPSA) is 161 Å². The first kappa shape index (κ1) is 23.6. The van der Waals surface area contributed by atoms with Crippen molar-refractivity contribution < 1.29 is 97.3 Å². The predicted octanol–water partition coefficient (Wildman–Crippen LogP) is -5.67. The Morgan fingerprint density at radius 1 is 0.667 bits per heavy atom. The fourth-order valence-corrected chi connectivity index (χ4v) is 0. The number of hydrogen-bond acceptors (Lipinski definition) is 8. The maximum Gasteiger partial charge on any atom is 3.00 e. The molecule has 0 amide bonds. The molecule has 0 bridgehead atoms.